The fraction of sp³-hybridized carbons (Fsp3) is 1.00. The quantitative estimate of drug-likeness (QED) is 0.0334. The molecule has 0 heterocycles. The van der Waals surface area contributed by atoms with Crippen molar-refractivity contribution in [3.05, 3.63) is 0 Å². The molecular weight excluding hydrogens is 574 g/mol. The van der Waals surface area contributed by atoms with Crippen LogP contribution in [0.15, 0.2) is 0 Å². The fourth-order valence-corrected chi connectivity index (χ4v) is 6.67. The van der Waals surface area contributed by atoms with Crippen molar-refractivity contribution in [1.29, 1.82) is 0 Å². The Labute approximate surface area is 287 Å². The van der Waals surface area contributed by atoms with Crippen molar-refractivity contribution in [1.82, 2.24) is 4.90 Å². The van der Waals surface area contributed by atoms with Crippen molar-refractivity contribution in [3.8, 4) is 0 Å². The normalized spacial score (nSPS) is 14.0. The van der Waals surface area contributed by atoms with Gasteiger partial charge in [0.1, 0.15) is 18.4 Å². The molecule has 0 aliphatic carbocycles. The van der Waals surface area contributed by atoms with E-state index in [-0.39, 0.29) is 0 Å². The first-order chi connectivity index (χ1) is 22.5. The van der Waals surface area contributed by atoms with Crippen LogP contribution in [0.1, 0.15) is 219 Å². The summed E-state index contributed by atoms with van der Waals surface area (Å²) in [5.74, 6) is 0. The third-order valence-electron chi connectivity index (χ3n) is 9.93. The van der Waals surface area contributed by atoms with Gasteiger partial charge in [0.25, 0.3) is 0 Å². The van der Waals surface area contributed by atoms with Gasteiger partial charge >= 0.3 is 0 Å². The van der Waals surface area contributed by atoms with Gasteiger partial charge in [0.2, 0.25) is 0 Å². The van der Waals surface area contributed by atoms with E-state index in [1.54, 1.807) is 0 Å². The lowest BCUT2D eigenvalue weighted by Gasteiger charge is -2.33. The van der Waals surface area contributed by atoms with E-state index in [2.05, 4.69) is 13.8 Å². The Hall–Kier alpha value is -0.240. The lowest BCUT2D eigenvalue weighted by Crippen LogP contribution is -2.52. The highest BCUT2D eigenvalue weighted by atomic mass is 16.5. The molecule has 0 rings (SSSR count). The van der Waals surface area contributed by atoms with E-state index in [1.165, 1.54) is 180 Å². The summed E-state index contributed by atoms with van der Waals surface area (Å²) in [5, 5.41) is 49.6. The summed E-state index contributed by atoms with van der Waals surface area (Å²) in [6.45, 7) is 5.83. The summed E-state index contributed by atoms with van der Waals surface area (Å²) in [6.07, 6.45) is 35.1. The zero-order valence-corrected chi connectivity index (χ0v) is 31.0. The molecule has 3 atom stereocenters. The Morgan fingerprint density at radius 1 is 0.304 bits per heavy atom. The van der Waals surface area contributed by atoms with Crippen LogP contribution in [0.5, 0.6) is 0 Å². The molecule has 0 bridgehead atoms. The van der Waals surface area contributed by atoms with Crippen molar-refractivity contribution in [2.45, 2.75) is 244 Å². The Morgan fingerprint density at radius 2 is 0.522 bits per heavy atom. The molecule has 0 radical (unpaired) electrons. The average Bonchev–Trinajstić information content (AvgIpc) is 3.05. The Balaban J connectivity index is 3.97. The van der Waals surface area contributed by atoms with Crippen LogP contribution in [0.4, 0.5) is 0 Å². The van der Waals surface area contributed by atoms with Crippen molar-refractivity contribution < 1.29 is 25.5 Å². The number of nitrogens with zero attached hydrogens (tertiary/aromatic N) is 1. The third kappa shape index (κ3) is 29.9. The second-order valence-corrected chi connectivity index (χ2v) is 14.5. The van der Waals surface area contributed by atoms with Crippen LogP contribution in [0.25, 0.3) is 0 Å². The molecule has 6 nitrogen and oxygen atoms in total. The first kappa shape index (κ1) is 45.8. The minimum atomic E-state index is -2.07. The predicted octanol–water partition coefficient (Wildman–Crippen LogP) is 10.2. The molecule has 3 unspecified atom stereocenters. The van der Waals surface area contributed by atoms with Gasteiger partial charge in [-0.2, -0.15) is 0 Å². The van der Waals surface area contributed by atoms with E-state index < -0.39 is 24.7 Å². The summed E-state index contributed by atoms with van der Waals surface area (Å²) in [4.78, 5) is 1.82. The molecule has 0 aromatic carbocycles. The second-order valence-electron chi connectivity index (χ2n) is 14.5. The number of aliphatic hydroxyl groups excluding tert-OH is 4. The first-order valence-corrected chi connectivity index (χ1v) is 20.6. The van der Waals surface area contributed by atoms with Crippen molar-refractivity contribution in [2.24, 2.45) is 0 Å². The van der Waals surface area contributed by atoms with Crippen molar-refractivity contribution >= 4 is 0 Å². The van der Waals surface area contributed by atoms with Gasteiger partial charge in [0.15, 0.2) is 6.29 Å². The molecule has 0 aliphatic heterocycles. The molecule has 6 heteroatoms. The fourth-order valence-electron chi connectivity index (χ4n) is 6.67. The average molecular weight is 658 g/mol. The third-order valence-corrected chi connectivity index (χ3v) is 9.93. The van der Waals surface area contributed by atoms with E-state index >= 15 is 0 Å². The second kappa shape index (κ2) is 36.1. The van der Waals surface area contributed by atoms with E-state index in [1.807, 2.05) is 4.90 Å². The Bertz CT molecular complexity index is 542. The van der Waals surface area contributed by atoms with Gasteiger partial charge in [0, 0.05) is 13.1 Å². The van der Waals surface area contributed by atoms with Crippen molar-refractivity contribution in [3.63, 3.8) is 0 Å². The van der Waals surface area contributed by atoms with Crippen LogP contribution in [-0.4, -0.2) is 68.2 Å². The number of rotatable bonds is 38. The molecule has 5 N–H and O–H groups in total. The van der Waals surface area contributed by atoms with Gasteiger partial charge in [-0.3, -0.25) is 4.90 Å². The van der Waals surface area contributed by atoms with Gasteiger partial charge in [-0.25, -0.2) is 0 Å². The Morgan fingerprint density at radius 3 is 0.739 bits per heavy atom. The number of hydrogen-bond donors (Lipinski definition) is 5. The number of aliphatic hydroxyl groups is 5. The van der Waals surface area contributed by atoms with Gasteiger partial charge in [-0.1, -0.05) is 206 Å². The lowest BCUT2D eigenvalue weighted by atomic mass is 10.0. The molecule has 46 heavy (non-hydrogen) atoms. The van der Waals surface area contributed by atoms with E-state index in [0.717, 1.165) is 25.7 Å². The molecule has 0 amide bonds. The first-order valence-electron chi connectivity index (χ1n) is 20.6. The summed E-state index contributed by atoms with van der Waals surface area (Å²) >= 11 is 0. The SMILES string of the molecule is CCCCCCCCCCCCCCCCCCN(CCCCCCCCCCCCCCCCCC)C(O)C(O)C(O)C(O)O. The van der Waals surface area contributed by atoms with Crippen LogP contribution >= 0.6 is 0 Å². The molecule has 0 aliphatic rings. The minimum absolute atomic E-state index is 0.643. The predicted molar refractivity (Wildman–Crippen MR) is 197 cm³/mol. The molecule has 0 spiro atoms. The van der Waals surface area contributed by atoms with E-state index in [4.69, 9.17) is 0 Å². The topological polar surface area (TPSA) is 104 Å². The van der Waals surface area contributed by atoms with Crippen LogP contribution in [0, 0.1) is 0 Å². The molecule has 0 aromatic rings. The monoisotopic (exact) mass is 658 g/mol. The Kier molecular flexibility index (Phi) is 35.9. The zero-order valence-electron chi connectivity index (χ0n) is 31.0. The summed E-state index contributed by atoms with van der Waals surface area (Å²) in [5.41, 5.74) is 0. The van der Waals surface area contributed by atoms with Crippen LogP contribution < -0.4 is 0 Å². The summed E-state index contributed by atoms with van der Waals surface area (Å²) in [7, 11) is 0. The molecule has 0 saturated carbocycles. The van der Waals surface area contributed by atoms with Gasteiger partial charge in [0.05, 0.1) is 0 Å². The molecular formula is C40H83NO5. The maximum Gasteiger partial charge on any atom is 0.180 e. The van der Waals surface area contributed by atoms with Crippen LogP contribution in [0.2, 0.25) is 0 Å². The van der Waals surface area contributed by atoms with Gasteiger partial charge in [-0.15, -0.1) is 0 Å². The summed E-state index contributed by atoms with van der Waals surface area (Å²) < 4.78 is 0. The largest absolute Gasteiger partial charge is 0.386 e. The summed E-state index contributed by atoms with van der Waals surface area (Å²) in [6, 6.07) is 0. The van der Waals surface area contributed by atoms with Crippen molar-refractivity contribution in [2.75, 3.05) is 13.1 Å². The minimum Gasteiger partial charge on any atom is -0.386 e. The van der Waals surface area contributed by atoms with Gasteiger partial charge in [-0.05, 0) is 12.8 Å². The molecule has 278 valence electrons. The molecule has 0 fully saturated rings. The number of unbranched alkanes of at least 4 members (excludes halogenated alkanes) is 30. The molecule has 0 saturated heterocycles. The molecule has 0 aromatic heterocycles. The number of hydrogen-bond acceptors (Lipinski definition) is 6. The van der Waals surface area contributed by atoms with Crippen LogP contribution in [0.3, 0.4) is 0 Å². The van der Waals surface area contributed by atoms with E-state index in [0.29, 0.717) is 13.1 Å². The smallest absolute Gasteiger partial charge is 0.180 e. The highest BCUT2D eigenvalue weighted by Crippen LogP contribution is 2.17. The lowest BCUT2D eigenvalue weighted by molar-refractivity contribution is -0.198. The highest BCUT2D eigenvalue weighted by Gasteiger charge is 2.32. The maximum atomic E-state index is 10.7. The highest BCUT2D eigenvalue weighted by molar-refractivity contribution is 4.78. The van der Waals surface area contributed by atoms with Gasteiger partial charge < -0.3 is 25.5 Å². The van der Waals surface area contributed by atoms with E-state index in [9.17, 15) is 25.5 Å². The van der Waals surface area contributed by atoms with Crippen LogP contribution in [-0.2, 0) is 0 Å². The maximum absolute atomic E-state index is 10.7. The zero-order chi connectivity index (χ0) is 33.9. The standard InChI is InChI=1S/C40H83NO5/c1-3-5-7-9-11-13-15-17-19-21-23-25-27-29-31-33-35-41(39(44)37(42)38(43)40(45)46)36-34-32-30-28-26-24-22-20-18-16-14-12-10-8-6-4-2/h37-40,42-46H,3-36H2,1-2H3.